The van der Waals surface area contributed by atoms with Gasteiger partial charge in [-0.05, 0) is 42.5 Å². The average molecular weight is 286 g/mol. The van der Waals surface area contributed by atoms with Gasteiger partial charge in [-0.1, -0.05) is 11.2 Å². The molecular formula is C14H14N4O3. The number of carbonyl (C=O) groups is 2. The van der Waals surface area contributed by atoms with Gasteiger partial charge in [0.2, 0.25) is 5.89 Å². The number of nitrogens with one attached hydrogen (secondary N) is 1. The summed E-state index contributed by atoms with van der Waals surface area (Å²) in [4.78, 5) is 26.7. The summed E-state index contributed by atoms with van der Waals surface area (Å²) in [6.45, 7) is 0.0518. The molecule has 0 saturated carbocycles. The lowest BCUT2D eigenvalue weighted by Gasteiger charge is -2.05. The summed E-state index contributed by atoms with van der Waals surface area (Å²) in [7, 11) is 0. The molecule has 1 aromatic heterocycles. The molecule has 0 aliphatic heterocycles. The summed E-state index contributed by atoms with van der Waals surface area (Å²) in [5.74, 6) is -1.05. The lowest BCUT2D eigenvalue weighted by molar-refractivity contribution is 0.0944. The molecule has 7 heteroatoms. The molecule has 1 heterocycles. The Morgan fingerprint density at radius 3 is 2.86 bits per heavy atom. The maximum Gasteiger partial charge on any atom is 0.290 e. The third-order valence-corrected chi connectivity index (χ3v) is 3.45. The predicted molar refractivity (Wildman–Crippen MR) is 72.5 cm³/mol. The highest BCUT2D eigenvalue weighted by Crippen LogP contribution is 2.22. The number of hydrogen-bond acceptors (Lipinski definition) is 5. The van der Waals surface area contributed by atoms with E-state index in [9.17, 15) is 9.59 Å². The number of aromatic nitrogens is 2. The van der Waals surface area contributed by atoms with Gasteiger partial charge in [0.05, 0.1) is 6.54 Å². The lowest BCUT2D eigenvalue weighted by Crippen LogP contribution is -2.23. The van der Waals surface area contributed by atoms with E-state index in [0.717, 1.165) is 19.3 Å². The van der Waals surface area contributed by atoms with Crippen LogP contribution in [0.4, 0.5) is 0 Å². The van der Waals surface area contributed by atoms with E-state index < -0.39 is 5.91 Å². The van der Waals surface area contributed by atoms with Crippen LogP contribution < -0.4 is 11.1 Å². The summed E-state index contributed by atoms with van der Waals surface area (Å²) >= 11 is 0. The molecule has 3 N–H and O–H groups in total. The van der Waals surface area contributed by atoms with Gasteiger partial charge in [-0.25, -0.2) is 0 Å². The molecule has 0 bridgehead atoms. The molecule has 0 atom stereocenters. The summed E-state index contributed by atoms with van der Waals surface area (Å²) in [6, 6.07) is 5.72. The zero-order valence-corrected chi connectivity index (χ0v) is 11.3. The third-order valence-electron chi connectivity index (χ3n) is 3.45. The average Bonchev–Trinajstić information content (AvgIpc) is 3.12. The fourth-order valence-corrected chi connectivity index (χ4v) is 2.40. The SMILES string of the molecule is NC(=O)c1noc(CNC(=O)c2ccc3c(c2)CCC3)n1. The molecule has 0 saturated heterocycles. The van der Waals surface area contributed by atoms with Gasteiger partial charge >= 0.3 is 0 Å². The van der Waals surface area contributed by atoms with Crippen molar-refractivity contribution in [3.05, 3.63) is 46.6 Å². The van der Waals surface area contributed by atoms with Crippen LogP contribution in [0.5, 0.6) is 0 Å². The molecule has 3 rings (SSSR count). The molecule has 108 valence electrons. The van der Waals surface area contributed by atoms with Crippen molar-refractivity contribution in [2.75, 3.05) is 0 Å². The molecule has 2 amide bonds. The van der Waals surface area contributed by atoms with Crippen LogP contribution in [0.3, 0.4) is 0 Å². The number of amides is 2. The zero-order chi connectivity index (χ0) is 14.8. The number of carbonyl (C=O) groups excluding carboxylic acids is 2. The normalized spacial score (nSPS) is 13.0. The van der Waals surface area contributed by atoms with Crippen molar-refractivity contribution in [3.8, 4) is 0 Å². The molecule has 1 aliphatic carbocycles. The van der Waals surface area contributed by atoms with E-state index in [-0.39, 0.29) is 24.2 Å². The van der Waals surface area contributed by atoms with Gasteiger partial charge in [0, 0.05) is 5.56 Å². The zero-order valence-electron chi connectivity index (χ0n) is 11.3. The van der Waals surface area contributed by atoms with E-state index in [1.54, 1.807) is 0 Å². The van der Waals surface area contributed by atoms with Gasteiger partial charge in [0.15, 0.2) is 0 Å². The fraction of sp³-hybridized carbons (Fsp3) is 0.286. The van der Waals surface area contributed by atoms with E-state index in [1.165, 1.54) is 11.1 Å². The topological polar surface area (TPSA) is 111 Å². The van der Waals surface area contributed by atoms with Crippen LogP contribution in [0.25, 0.3) is 0 Å². The Balaban J connectivity index is 1.64. The van der Waals surface area contributed by atoms with Crippen LogP contribution >= 0.6 is 0 Å². The lowest BCUT2D eigenvalue weighted by atomic mass is 10.1. The van der Waals surface area contributed by atoms with Crippen molar-refractivity contribution in [1.29, 1.82) is 0 Å². The molecular weight excluding hydrogens is 272 g/mol. The van der Waals surface area contributed by atoms with E-state index in [1.807, 2.05) is 18.2 Å². The summed E-state index contributed by atoms with van der Waals surface area (Å²) in [6.07, 6.45) is 3.23. The van der Waals surface area contributed by atoms with Crippen LogP contribution in [-0.4, -0.2) is 22.0 Å². The first-order valence-electron chi connectivity index (χ1n) is 6.66. The van der Waals surface area contributed by atoms with Crippen LogP contribution in [-0.2, 0) is 19.4 Å². The molecule has 0 radical (unpaired) electrons. The van der Waals surface area contributed by atoms with Crippen LogP contribution in [0.15, 0.2) is 22.7 Å². The van der Waals surface area contributed by atoms with E-state index in [2.05, 4.69) is 15.5 Å². The third kappa shape index (κ3) is 2.76. The van der Waals surface area contributed by atoms with Crippen LogP contribution in [0.2, 0.25) is 0 Å². The quantitative estimate of drug-likeness (QED) is 0.854. The Morgan fingerprint density at radius 2 is 2.10 bits per heavy atom. The minimum atomic E-state index is -0.769. The molecule has 1 aromatic carbocycles. The number of rotatable bonds is 4. The monoisotopic (exact) mass is 286 g/mol. The molecule has 21 heavy (non-hydrogen) atoms. The van der Waals surface area contributed by atoms with Crippen molar-refractivity contribution >= 4 is 11.8 Å². The van der Waals surface area contributed by atoms with Gasteiger partial charge < -0.3 is 15.6 Å². The number of fused-ring (bicyclic) bond motifs is 1. The maximum atomic E-state index is 12.1. The highest BCUT2D eigenvalue weighted by Gasteiger charge is 2.15. The van der Waals surface area contributed by atoms with Gasteiger partial charge in [-0.2, -0.15) is 4.98 Å². The smallest absolute Gasteiger partial charge is 0.290 e. The minimum absolute atomic E-state index is 0.0518. The first-order valence-corrected chi connectivity index (χ1v) is 6.66. The van der Waals surface area contributed by atoms with Gasteiger partial charge in [0.1, 0.15) is 0 Å². The Labute approximate surface area is 120 Å². The number of aryl methyl sites for hydroxylation is 2. The number of nitrogens with two attached hydrogens (primary N) is 1. The Kier molecular flexibility index (Phi) is 3.39. The number of primary amides is 1. The minimum Gasteiger partial charge on any atom is -0.363 e. The van der Waals surface area contributed by atoms with Gasteiger partial charge in [-0.3, -0.25) is 9.59 Å². The predicted octanol–water partition coefficient (Wildman–Crippen LogP) is 0.587. The second kappa shape index (κ2) is 5.35. The number of nitrogens with zero attached hydrogens (tertiary/aromatic N) is 2. The molecule has 7 nitrogen and oxygen atoms in total. The fourth-order valence-electron chi connectivity index (χ4n) is 2.40. The molecule has 1 aliphatic rings. The Bertz CT molecular complexity index is 708. The summed E-state index contributed by atoms with van der Waals surface area (Å²) in [5.41, 5.74) is 8.16. The van der Waals surface area contributed by atoms with E-state index in [4.69, 9.17) is 10.3 Å². The Hall–Kier alpha value is -2.70. The number of hydrogen-bond donors (Lipinski definition) is 2. The second-order valence-corrected chi connectivity index (χ2v) is 4.90. The standard InChI is InChI=1S/C14H14N4O3/c15-12(19)13-17-11(21-18-13)7-16-14(20)10-5-4-8-2-1-3-9(8)6-10/h4-6H,1-3,7H2,(H2,15,19)(H,16,20). The summed E-state index contributed by atoms with van der Waals surface area (Å²) < 4.78 is 4.81. The highest BCUT2D eigenvalue weighted by molar-refractivity contribution is 5.94. The maximum absolute atomic E-state index is 12.1. The number of benzene rings is 1. The van der Waals surface area contributed by atoms with Gasteiger partial charge in [-0.15, -0.1) is 0 Å². The van der Waals surface area contributed by atoms with E-state index in [0.29, 0.717) is 5.56 Å². The van der Waals surface area contributed by atoms with Crippen molar-refractivity contribution in [3.63, 3.8) is 0 Å². The molecule has 2 aromatic rings. The molecule has 0 fully saturated rings. The summed E-state index contributed by atoms with van der Waals surface area (Å²) in [5, 5.41) is 6.07. The van der Waals surface area contributed by atoms with Crippen LogP contribution in [0.1, 0.15) is 44.4 Å². The molecule has 0 spiro atoms. The Morgan fingerprint density at radius 1 is 1.29 bits per heavy atom. The van der Waals surface area contributed by atoms with Gasteiger partial charge in [0.25, 0.3) is 17.6 Å². The molecule has 0 unspecified atom stereocenters. The van der Waals surface area contributed by atoms with E-state index >= 15 is 0 Å². The van der Waals surface area contributed by atoms with Crippen molar-refractivity contribution in [2.24, 2.45) is 5.73 Å². The van der Waals surface area contributed by atoms with Crippen LogP contribution in [0, 0.1) is 0 Å². The van der Waals surface area contributed by atoms with Crippen molar-refractivity contribution in [1.82, 2.24) is 15.5 Å². The largest absolute Gasteiger partial charge is 0.363 e. The first-order chi connectivity index (χ1) is 10.1. The first kappa shape index (κ1) is 13.3. The van der Waals surface area contributed by atoms with Crippen molar-refractivity contribution < 1.29 is 14.1 Å². The second-order valence-electron chi connectivity index (χ2n) is 4.90. The highest BCUT2D eigenvalue weighted by atomic mass is 16.5. The van der Waals surface area contributed by atoms with Crippen molar-refractivity contribution in [2.45, 2.75) is 25.8 Å².